The van der Waals surface area contributed by atoms with Crippen molar-refractivity contribution in [2.75, 3.05) is 13.2 Å². The molecule has 0 aliphatic carbocycles. The normalized spacial score (nSPS) is 23.2. The van der Waals surface area contributed by atoms with E-state index in [-0.39, 0.29) is 36.2 Å². The van der Waals surface area contributed by atoms with E-state index in [0.717, 1.165) is 5.56 Å². The lowest BCUT2D eigenvalue weighted by Crippen LogP contribution is -2.50. The van der Waals surface area contributed by atoms with Crippen molar-refractivity contribution < 1.29 is 35.0 Å². The average molecular weight is 360 g/mol. The van der Waals surface area contributed by atoms with Gasteiger partial charge in [0.1, 0.15) is 18.0 Å². The van der Waals surface area contributed by atoms with E-state index in [1.54, 1.807) is 36.4 Å². The van der Waals surface area contributed by atoms with Crippen molar-refractivity contribution in [2.45, 2.75) is 18.3 Å². The first kappa shape index (κ1) is 18.1. The van der Waals surface area contributed by atoms with E-state index in [1.165, 1.54) is 12.1 Å². The highest BCUT2D eigenvalue weighted by Gasteiger charge is 2.34. The molecule has 3 rings (SSSR count). The summed E-state index contributed by atoms with van der Waals surface area (Å²) in [6.45, 7) is 0.0274. The quantitative estimate of drug-likeness (QED) is 0.524. The zero-order chi connectivity index (χ0) is 18.7. The Bertz CT molecular complexity index is 762. The molecule has 138 valence electrons. The number of rotatable bonds is 4. The minimum atomic E-state index is -1.18. The van der Waals surface area contributed by atoms with Crippen molar-refractivity contribution in [3.8, 4) is 23.0 Å². The molecule has 0 bridgehead atoms. The number of ether oxygens (including phenoxy) is 2. The summed E-state index contributed by atoms with van der Waals surface area (Å²) in [7, 11) is 0. The molecule has 2 aromatic carbocycles. The second kappa shape index (κ2) is 7.65. The minimum absolute atomic E-state index is 0.0000158. The van der Waals surface area contributed by atoms with Crippen molar-refractivity contribution in [1.29, 1.82) is 0 Å². The molecule has 2 aromatic rings. The highest BCUT2D eigenvalue weighted by atomic mass is 16.6. The molecular weight excluding hydrogens is 340 g/mol. The topological polar surface area (TPSA) is 120 Å². The lowest BCUT2D eigenvalue weighted by atomic mass is 10.1. The smallest absolute Gasteiger partial charge is 0.203 e. The molecule has 0 radical (unpaired) electrons. The van der Waals surface area contributed by atoms with Gasteiger partial charge in [0.15, 0.2) is 17.6 Å². The van der Waals surface area contributed by atoms with Gasteiger partial charge in [-0.05, 0) is 35.4 Å². The van der Waals surface area contributed by atoms with Crippen LogP contribution in [-0.4, -0.2) is 57.1 Å². The Balaban J connectivity index is 1.76. The maximum Gasteiger partial charge on any atom is 0.203 e. The molecule has 1 saturated heterocycles. The van der Waals surface area contributed by atoms with Gasteiger partial charge < -0.3 is 35.0 Å². The van der Waals surface area contributed by atoms with Crippen molar-refractivity contribution in [3.63, 3.8) is 0 Å². The Labute approximate surface area is 150 Å². The molecule has 7 heteroatoms. The fourth-order valence-electron chi connectivity index (χ4n) is 2.62. The number of aliphatic hydroxyl groups is 2. The van der Waals surface area contributed by atoms with Crippen molar-refractivity contribution in [1.82, 2.24) is 0 Å². The number of phenols is 3. The van der Waals surface area contributed by atoms with Gasteiger partial charge in [0.05, 0.1) is 13.2 Å². The number of aromatic hydroxyl groups is 3. The number of benzene rings is 2. The molecule has 26 heavy (non-hydrogen) atoms. The molecule has 1 aliphatic rings. The fraction of sp³-hybridized carbons (Fsp3) is 0.263. The molecule has 1 aliphatic heterocycles. The SMILES string of the molecule is Oc1ccc(/C=C\c2cc(O)c(O[C@H]3COC[C@@H](O)[C@@H]3O)c(O)c2)cc1. The van der Waals surface area contributed by atoms with Gasteiger partial charge in [-0.2, -0.15) is 0 Å². The van der Waals surface area contributed by atoms with Gasteiger partial charge >= 0.3 is 0 Å². The van der Waals surface area contributed by atoms with Gasteiger partial charge in [-0.25, -0.2) is 0 Å². The third-order valence-electron chi connectivity index (χ3n) is 4.05. The van der Waals surface area contributed by atoms with Crippen LogP contribution in [0.5, 0.6) is 23.0 Å². The van der Waals surface area contributed by atoms with Crippen molar-refractivity contribution in [3.05, 3.63) is 47.5 Å². The van der Waals surface area contributed by atoms with E-state index in [0.29, 0.717) is 5.56 Å². The second-order valence-electron chi connectivity index (χ2n) is 6.06. The molecular formula is C19H20O7. The zero-order valence-electron chi connectivity index (χ0n) is 13.8. The number of phenolic OH excluding ortho intramolecular Hbond substituents is 3. The molecule has 0 amide bonds. The Kier molecular flexibility index (Phi) is 5.32. The van der Waals surface area contributed by atoms with E-state index in [1.807, 2.05) is 0 Å². The number of aliphatic hydroxyl groups excluding tert-OH is 2. The van der Waals surface area contributed by atoms with E-state index in [4.69, 9.17) is 9.47 Å². The van der Waals surface area contributed by atoms with Crippen molar-refractivity contribution >= 4 is 12.2 Å². The highest BCUT2D eigenvalue weighted by Crippen LogP contribution is 2.39. The van der Waals surface area contributed by atoms with Crippen LogP contribution >= 0.6 is 0 Å². The van der Waals surface area contributed by atoms with E-state index in [9.17, 15) is 25.5 Å². The fourth-order valence-corrected chi connectivity index (χ4v) is 2.62. The van der Waals surface area contributed by atoms with E-state index < -0.39 is 18.3 Å². The summed E-state index contributed by atoms with van der Waals surface area (Å²) in [5.41, 5.74) is 1.36. The standard InChI is InChI=1S/C19H20O7/c20-13-5-3-11(4-6-13)1-2-12-7-14(21)19(15(22)8-12)26-17-10-25-9-16(23)18(17)24/h1-8,16-18,20-24H,9-10H2/b2-1-/t16-,17+,18+/m1/s1. The van der Waals surface area contributed by atoms with Crippen LogP contribution in [0.2, 0.25) is 0 Å². The van der Waals surface area contributed by atoms with Crippen LogP contribution in [0.1, 0.15) is 11.1 Å². The predicted octanol–water partition coefficient (Wildman–Crippen LogP) is 1.47. The number of hydrogen-bond acceptors (Lipinski definition) is 7. The van der Waals surface area contributed by atoms with Crippen LogP contribution < -0.4 is 4.74 Å². The van der Waals surface area contributed by atoms with Crippen LogP contribution in [-0.2, 0) is 4.74 Å². The summed E-state index contributed by atoms with van der Waals surface area (Å²) in [6, 6.07) is 9.35. The summed E-state index contributed by atoms with van der Waals surface area (Å²) < 4.78 is 10.6. The summed E-state index contributed by atoms with van der Waals surface area (Å²) in [5, 5.41) is 49.1. The molecule has 7 nitrogen and oxygen atoms in total. The monoisotopic (exact) mass is 360 g/mol. The summed E-state index contributed by atoms with van der Waals surface area (Å²) >= 11 is 0. The van der Waals surface area contributed by atoms with Gasteiger partial charge in [-0.15, -0.1) is 0 Å². The maximum atomic E-state index is 10.2. The Morgan fingerprint density at radius 1 is 0.885 bits per heavy atom. The molecule has 1 fully saturated rings. The Hall–Kier alpha value is -2.74. The van der Waals surface area contributed by atoms with Gasteiger partial charge in [0.25, 0.3) is 0 Å². The first-order valence-corrected chi connectivity index (χ1v) is 8.07. The molecule has 0 unspecified atom stereocenters. The zero-order valence-corrected chi connectivity index (χ0v) is 13.8. The van der Waals surface area contributed by atoms with Crippen LogP contribution in [0, 0.1) is 0 Å². The largest absolute Gasteiger partial charge is 0.508 e. The van der Waals surface area contributed by atoms with Gasteiger partial charge in [0.2, 0.25) is 5.75 Å². The Morgan fingerprint density at radius 3 is 2.15 bits per heavy atom. The van der Waals surface area contributed by atoms with E-state index in [2.05, 4.69) is 0 Å². The third-order valence-corrected chi connectivity index (χ3v) is 4.05. The second-order valence-corrected chi connectivity index (χ2v) is 6.06. The van der Waals surface area contributed by atoms with Crippen LogP contribution in [0.15, 0.2) is 36.4 Å². The summed E-state index contributed by atoms with van der Waals surface area (Å²) in [6.07, 6.45) is 0.248. The Morgan fingerprint density at radius 2 is 1.50 bits per heavy atom. The molecule has 5 N–H and O–H groups in total. The van der Waals surface area contributed by atoms with Crippen LogP contribution in [0.4, 0.5) is 0 Å². The van der Waals surface area contributed by atoms with Crippen LogP contribution in [0.3, 0.4) is 0 Å². The van der Waals surface area contributed by atoms with Gasteiger partial charge in [-0.1, -0.05) is 24.3 Å². The lowest BCUT2D eigenvalue weighted by Gasteiger charge is -2.32. The molecule has 0 aromatic heterocycles. The van der Waals surface area contributed by atoms with Gasteiger partial charge in [0, 0.05) is 0 Å². The number of hydrogen-bond donors (Lipinski definition) is 5. The predicted molar refractivity (Wildman–Crippen MR) is 94.1 cm³/mol. The lowest BCUT2D eigenvalue weighted by molar-refractivity contribution is -0.142. The first-order valence-electron chi connectivity index (χ1n) is 8.07. The molecule has 0 spiro atoms. The minimum Gasteiger partial charge on any atom is -0.508 e. The summed E-state index contributed by atoms with van der Waals surface area (Å²) in [4.78, 5) is 0. The first-order chi connectivity index (χ1) is 12.4. The molecule has 3 atom stereocenters. The highest BCUT2D eigenvalue weighted by molar-refractivity contribution is 5.72. The van der Waals surface area contributed by atoms with E-state index >= 15 is 0 Å². The average Bonchev–Trinajstić information content (AvgIpc) is 2.61. The van der Waals surface area contributed by atoms with Crippen LogP contribution in [0.25, 0.3) is 12.2 Å². The van der Waals surface area contributed by atoms with Gasteiger partial charge in [-0.3, -0.25) is 0 Å². The third kappa shape index (κ3) is 4.08. The molecule has 1 heterocycles. The molecule has 0 saturated carbocycles. The van der Waals surface area contributed by atoms with Crippen molar-refractivity contribution in [2.24, 2.45) is 0 Å². The maximum absolute atomic E-state index is 10.2. The summed E-state index contributed by atoms with van der Waals surface area (Å²) in [5.74, 6) is -0.628.